The summed E-state index contributed by atoms with van der Waals surface area (Å²) in [5, 5.41) is 1.17. The summed E-state index contributed by atoms with van der Waals surface area (Å²) in [7, 11) is 1.58. The Hall–Kier alpha value is -5.11. The average molecular weight is 1940 g/mol. The van der Waals surface area contributed by atoms with E-state index in [1.165, 1.54) is 37.4 Å². The van der Waals surface area contributed by atoms with Crippen LogP contribution in [-0.4, -0.2) is 123 Å². The van der Waals surface area contributed by atoms with Crippen molar-refractivity contribution in [3.05, 3.63) is 150 Å². The third-order valence-corrected chi connectivity index (χ3v) is 22.9. The third-order valence-electron chi connectivity index (χ3n) is 20.3. The summed E-state index contributed by atoms with van der Waals surface area (Å²) in [6.45, 7) is 9.93. The molecule has 0 saturated carbocycles. The Bertz CT molecular complexity index is 3850. The molecule has 5 nitrogen and oxygen atoms in total. The maximum Gasteiger partial charge on any atom is 0.460 e. The van der Waals surface area contributed by atoms with Gasteiger partial charge in [0, 0.05) is 111 Å². The standard InChI is InChI=1S/C42H49F17N3PS.C29H29F17N2PS.C6H13Br/c1-3-4-5-9-20-61-22-13-30(14-23-61)29(2)26-33(27-34(28-63-64)31-11-18-60-19-12-31)32-15-24-62(25-16-32)21-10-7-6-8-17-35(43,44)36(45,46)37(47,48)38(49,50)39(51,52)40(53,54)41(55,56)42(57,58)59;1-18(16-21(17-49-50)20-6-11-47-12-7-20)19-8-14-48(15-9-19)13-5-3-2-4-10-22(30,31)23(32,33)24(34,35)25(36,37)26(38,39)27(40,41)28(42,43)29(44,45)46;1-2-3-4-5-6-7/h11-16,18-19,22-25,29,33-34H,3-10,17,20-21,26-28H2,1-2H3;6-9,11-12,14-15,18,21H,2-5,10,13,16-17H2,1H3;2-6H2,1H3/q+2;+1;. The molecule has 5 rings (SSSR count). The fourth-order valence-corrected chi connectivity index (χ4v) is 15.2. The van der Waals surface area contributed by atoms with Gasteiger partial charge in [0.1, 0.15) is 19.6 Å². The predicted molar refractivity (Wildman–Crippen MR) is 395 cm³/mol. The summed E-state index contributed by atoms with van der Waals surface area (Å²) < 4.78 is 465. The molecule has 5 aromatic heterocycles. The zero-order chi connectivity index (χ0) is 92.6. The zero-order valence-electron chi connectivity index (χ0n) is 65.2. The van der Waals surface area contributed by atoms with E-state index in [0.717, 1.165) is 99.9 Å². The molecule has 5 atom stereocenters. The Morgan fingerprint density at radius 1 is 0.298 bits per heavy atom. The van der Waals surface area contributed by atoms with Crippen molar-refractivity contribution in [1.29, 1.82) is 0 Å². The van der Waals surface area contributed by atoms with E-state index >= 15 is 0 Å². The lowest BCUT2D eigenvalue weighted by molar-refractivity contribution is -0.697. The van der Waals surface area contributed by atoms with E-state index in [1.807, 2.05) is 55.5 Å². The summed E-state index contributed by atoms with van der Waals surface area (Å²) in [6, 6.07) is 19.4. The van der Waals surface area contributed by atoms with Crippen LogP contribution in [0.3, 0.4) is 0 Å². The number of aromatic nitrogens is 5. The quantitative estimate of drug-likeness (QED) is 0.0128. The Balaban J connectivity index is 0.000000593. The number of alkyl halides is 35. The van der Waals surface area contributed by atoms with Gasteiger partial charge in [-0.2, -0.15) is 149 Å². The van der Waals surface area contributed by atoms with Crippen molar-refractivity contribution in [2.45, 2.75) is 307 Å². The molecule has 0 radical (unpaired) electrons. The Morgan fingerprint density at radius 3 is 0.818 bits per heavy atom. The molecule has 0 bridgehead atoms. The van der Waals surface area contributed by atoms with E-state index in [9.17, 15) is 149 Å². The van der Waals surface area contributed by atoms with Crippen LogP contribution in [0.15, 0.2) is 123 Å². The normalized spacial score (nSPS) is 15.2. The van der Waals surface area contributed by atoms with Crippen LogP contribution in [0, 0.1) is 0 Å². The number of hydrogen-bond acceptors (Lipinski definition) is 4. The maximum absolute atomic E-state index is 14.3. The minimum Gasteiger partial charge on any atom is -0.265 e. The van der Waals surface area contributed by atoms with E-state index in [0.29, 0.717) is 0 Å². The lowest BCUT2D eigenvalue weighted by Crippen LogP contribution is -2.74. The van der Waals surface area contributed by atoms with Gasteiger partial charge in [0.25, 0.3) is 0 Å². The molecule has 0 amide bonds. The zero-order valence-corrected chi connectivity index (χ0v) is 70.2. The van der Waals surface area contributed by atoms with Crippen LogP contribution < -0.4 is 13.7 Å². The molecule has 0 aliphatic carbocycles. The minimum absolute atomic E-state index is 0.0376. The number of nitrogens with zero attached hydrogens (tertiary/aromatic N) is 5. The first-order valence-electron chi connectivity index (χ1n) is 37.9. The van der Waals surface area contributed by atoms with Gasteiger partial charge in [0.05, 0.1) is 0 Å². The van der Waals surface area contributed by atoms with E-state index in [-0.39, 0.29) is 68.4 Å². The van der Waals surface area contributed by atoms with Gasteiger partial charge in [-0.3, -0.25) is 9.97 Å². The molecule has 121 heavy (non-hydrogen) atoms. The second-order valence-corrected chi connectivity index (χ2v) is 32.9. The first-order valence-corrected chi connectivity index (χ1v) is 43.2. The fraction of sp³-hybridized carbons (Fsp3) is 0.675. The van der Waals surface area contributed by atoms with Crippen molar-refractivity contribution in [2.24, 2.45) is 0 Å². The number of rotatable bonds is 50. The Kier molecular flexibility index (Phi) is 41.4. The van der Waals surface area contributed by atoms with Crippen LogP contribution in [0.1, 0.15) is 220 Å². The van der Waals surface area contributed by atoms with Crippen molar-refractivity contribution < 1.29 is 163 Å². The molecule has 5 unspecified atom stereocenters. The van der Waals surface area contributed by atoms with Crippen molar-refractivity contribution in [3.63, 3.8) is 0 Å². The molecule has 0 N–H and O–H groups in total. The third kappa shape index (κ3) is 26.5. The summed E-state index contributed by atoms with van der Waals surface area (Å²) in [5.41, 5.74) is 5.32. The highest BCUT2D eigenvalue weighted by atomic mass is 79.9. The molecule has 0 saturated heterocycles. The maximum atomic E-state index is 14.3. The van der Waals surface area contributed by atoms with Crippen LogP contribution in [-0.2, 0) is 43.2 Å². The number of unbranched alkanes of at least 4 members (excludes halogenated alkanes) is 12. The average Bonchev–Trinajstić information content (AvgIpc) is 0.700. The van der Waals surface area contributed by atoms with E-state index in [4.69, 9.17) is 23.6 Å². The van der Waals surface area contributed by atoms with Crippen LogP contribution >= 0.6 is 30.6 Å². The van der Waals surface area contributed by atoms with Gasteiger partial charge in [-0.1, -0.05) is 112 Å². The molecule has 5 heterocycles. The molecule has 0 fully saturated rings. The van der Waals surface area contributed by atoms with E-state index in [2.05, 4.69) is 75.8 Å². The number of aryl methyl sites for hydroxylation is 3. The highest BCUT2D eigenvalue weighted by Gasteiger charge is 2.97. The van der Waals surface area contributed by atoms with Crippen LogP contribution in [0.25, 0.3) is 0 Å². The van der Waals surface area contributed by atoms with E-state index in [1.54, 1.807) is 58.7 Å². The highest BCUT2D eigenvalue weighted by Crippen LogP contribution is 2.67. The van der Waals surface area contributed by atoms with Gasteiger partial charge >= 0.3 is 95.3 Å². The molecule has 5 aromatic rings. The Morgan fingerprint density at radius 2 is 0.537 bits per heavy atom. The molecule has 688 valence electrons. The number of halogens is 35. The highest BCUT2D eigenvalue weighted by molar-refractivity contribution is 9.09. The topological polar surface area (TPSA) is 37.4 Å². The summed E-state index contributed by atoms with van der Waals surface area (Å²) in [6.07, 6.45) is 8.42. The smallest absolute Gasteiger partial charge is 0.265 e. The molecule has 0 spiro atoms. The molecular weight excluding hydrogens is 1850 g/mol. The second-order valence-electron chi connectivity index (χ2n) is 29.3. The lowest BCUT2D eigenvalue weighted by Gasteiger charge is -2.42. The first-order chi connectivity index (χ1) is 55.6. The van der Waals surface area contributed by atoms with Gasteiger partial charge in [0.15, 0.2) is 37.2 Å². The van der Waals surface area contributed by atoms with Crippen LogP contribution in [0.2, 0.25) is 0 Å². The minimum atomic E-state index is -8.62. The molecular formula is C77H91BrF34N5P2S2+3. The first kappa shape index (κ1) is 110. The molecule has 0 aromatic carbocycles. The largest absolute Gasteiger partial charge is 0.460 e. The van der Waals surface area contributed by atoms with Crippen molar-refractivity contribution in [2.75, 3.05) is 17.7 Å². The number of pyridine rings is 5. The predicted octanol–water partition coefficient (Wildman–Crippen LogP) is 28.0. The monoisotopic (exact) mass is 1940 g/mol. The van der Waals surface area contributed by atoms with Gasteiger partial charge < -0.3 is 0 Å². The van der Waals surface area contributed by atoms with Crippen molar-refractivity contribution in [3.8, 4) is 0 Å². The molecule has 0 aliphatic rings. The van der Waals surface area contributed by atoms with Gasteiger partial charge in [-0.25, -0.2) is 13.7 Å². The SMILES string of the molecule is CC(CC(CP=S)c1ccncc1)c1cc[n+](CCCCCCC(F)(F)C(F)(F)C(F)(F)C(F)(F)C(F)(F)C(F)(F)C(F)(F)C(F)(F)F)cc1.CCCCCCBr.CCCCCC[n+]1ccc(C(C)CC(CC(CP=S)c2ccncc2)c2cc[n+](CCCCCCC(F)(F)C(F)(F)C(F)(F)C(F)(F)C(F)(F)C(F)(F)C(F)(F)C(F)(F)F)cc2)cc1. The van der Waals surface area contributed by atoms with Crippen LogP contribution in [0.5, 0.6) is 0 Å². The second kappa shape index (κ2) is 45.5. The van der Waals surface area contributed by atoms with Gasteiger partial charge in [0.2, 0.25) is 0 Å². The molecule has 44 heteroatoms. The number of hydrogen-bond donors (Lipinski definition) is 0. The lowest BCUT2D eigenvalue weighted by atomic mass is 9.80. The summed E-state index contributed by atoms with van der Waals surface area (Å²) >= 11 is 13.8. The summed E-state index contributed by atoms with van der Waals surface area (Å²) in [5.74, 6) is -111. The van der Waals surface area contributed by atoms with Gasteiger partial charge in [-0.05, 0) is 154 Å². The summed E-state index contributed by atoms with van der Waals surface area (Å²) in [4.78, 5) is 8.13. The Labute approximate surface area is 699 Å². The van der Waals surface area contributed by atoms with Crippen LogP contribution in [0.4, 0.5) is 149 Å². The molecule has 0 aliphatic heterocycles. The fourth-order valence-electron chi connectivity index (χ4n) is 12.6. The van der Waals surface area contributed by atoms with Crippen molar-refractivity contribution in [1.82, 2.24) is 9.97 Å². The van der Waals surface area contributed by atoms with Crippen molar-refractivity contribution >= 4 is 54.3 Å². The van der Waals surface area contributed by atoms with E-state index < -0.39 is 134 Å². The van der Waals surface area contributed by atoms with Gasteiger partial charge in [-0.15, -0.1) is 0 Å².